The van der Waals surface area contributed by atoms with Crippen molar-refractivity contribution in [3.63, 3.8) is 0 Å². The van der Waals surface area contributed by atoms with Crippen LogP contribution in [0.2, 0.25) is 0 Å². The molecule has 5 nitrogen and oxygen atoms in total. The van der Waals surface area contributed by atoms with Gasteiger partial charge in [0.2, 0.25) is 0 Å². The van der Waals surface area contributed by atoms with Crippen LogP contribution in [-0.4, -0.2) is 27.8 Å². The topological polar surface area (TPSA) is 83.8 Å². The van der Waals surface area contributed by atoms with Gasteiger partial charge in [0.25, 0.3) is 0 Å². The molecule has 1 heterocycles. The molecular formula is C13H24N4O. The zero-order valence-electron chi connectivity index (χ0n) is 11.7. The lowest BCUT2D eigenvalue weighted by atomic mass is 9.97. The molecule has 0 saturated carbocycles. The Kier molecular flexibility index (Phi) is 5.34. The van der Waals surface area contributed by atoms with Gasteiger partial charge >= 0.3 is 0 Å². The Morgan fingerprint density at radius 2 is 2.11 bits per heavy atom. The number of Topliss-reactive ketones (excluding diaryl/α,β-unsaturated/α-hetero) is 1. The predicted molar refractivity (Wildman–Crippen MR) is 73.2 cm³/mol. The highest BCUT2D eigenvalue weighted by atomic mass is 16.1. The molecule has 0 aliphatic heterocycles. The van der Waals surface area contributed by atoms with Crippen molar-refractivity contribution in [3.05, 3.63) is 11.9 Å². The van der Waals surface area contributed by atoms with Crippen molar-refractivity contribution in [3.8, 4) is 0 Å². The first-order valence-electron chi connectivity index (χ1n) is 6.49. The number of nitrogens with one attached hydrogen (secondary N) is 2. The number of carbonyl (C=O) groups excluding carboxylic acids is 1. The molecule has 102 valence electrons. The Balaban J connectivity index is 2.58. The fraction of sp³-hybridized carbons (Fsp3) is 0.692. The number of imidazole rings is 1. The number of anilines is 1. The molecule has 1 aromatic rings. The summed E-state index contributed by atoms with van der Waals surface area (Å²) >= 11 is 0. The van der Waals surface area contributed by atoms with E-state index in [1.54, 1.807) is 6.20 Å². The minimum atomic E-state index is -0.102. The fourth-order valence-electron chi connectivity index (χ4n) is 1.92. The first-order valence-corrected chi connectivity index (χ1v) is 6.49. The first kappa shape index (κ1) is 14.7. The number of carbonyl (C=O) groups is 1. The van der Waals surface area contributed by atoms with Gasteiger partial charge in [0.15, 0.2) is 11.7 Å². The Morgan fingerprint density at radius 3 is 2.56 bits per heavy atom. The molecule has 18 heavy (non-hydrogen) atoms. The van der Waals surface area contributed by atoms with Gasteiger partial charge in [-0.15, -0.1) is 0 Å². The third-order valence-corrected chi connectivity index (χ3v) is 2.80. The van der Waals surface area contributed by atoms with Crippen LogP contribution in [0.15, 0.2) is 6.20 Å². The molecule has 0 saturated heterocycles. The number of rotatable bonds is 7. The summed E-state index contributed by atoms with van der Waals surface area (Å²) in [5.74, 6) is 0.734. The van der Waals surface area contributed by atoms with Crippen LogP contribution in [0.25, 0.3) is 0 Å². The molecule has 0 radical (unpaired) electrons. The summed E-state index contributed by atoms with van der Waals surface area (Å²) < 4.78 is 0. The van der Waals surface area contributed by atoms with Gasteiger partial charge in [-0.2, -0.15) is 0 Å². The van der Waals surface area contributed by atoms with Gasteiger partial charge in [0.1, 0.15) is 0 Å². The molecule has 0 aliphatic carbocycles. The minimum Gasteiger partial charge on any atom is -0.369 e. The van der Waals surface area contributed by atoms with Crippen LogP contribution in [0, 0.1) is 5.92 Å². The van der Waals surface area contributed by atoms with Crippen LogP contribution in [-0.2, 0) is 11.2 Å². The molecule has 0 fully saturated rings. The second-order valence-electron chi connectivity index (χ2n) is 5.26. The molecule has 1 unspecified atom stereocenters. The quantitative estimate of drug-likeness (QED) is 0.687. The fourth-order valence-corrected chi connectivity index (χ4v) is 1.92. The van der Waals surface area contributed by atoms with Gasteiger partial charge in [-0.3, -0.25) is 4.79 Å². The van der Waals surface area contributed by atoms with E-state index >= 15 is 0 Å². The molecule has 0 spiro atoms. The smallest absolute Gasteiger partial charge is 0.197 e. The Bertz CT molecular complexity index is 384. The number of aromatic amines is 1. The average molecular weight is 252 g/mol. The third-order valence-electron chi connectivity index (χ3n) is 2.80. The Labute approximate surface area is 109 Å². The van der Waals surface area contributed by atoms with E-state index in [1.807, 2.05) is 13.8 Å². The number of hydrogen-bond donors (Lipinski definition) is 3. The van der Waals surface area contributed by atoms with Gasteiger partial charge < -0.3 is 16.0 Å². The summed E-state index contributed by atoms with van der Waals surface area (Å²) in [6.45, 7) is 7.97. The third kappa shape index (κ3) is 4.49. The van der Waals surface area contributed by atoms with Gasteiger partial charge in [0, 0.05) is 17.7 Å². The largest absolute Gasteiger partial charge is 0.369 e. The van der Waals surface area contributed by atoms with E-state index in [0.717, 1.165) is 18.5 Å². The zero-order valence-corrected chi connectivity index (χ0v) is 11.7. The lowest BCUT2D eigenvalue weighted by Crippen LogP contribution is -2.43. The zero-order chi connectivity index (χ0) is 13.7. The van der Waals surface area contributed by atoms with Gasteiger partial charge in [0.05, 0.1) is 12.2 Å². The second kappa shape index (κ2) is 6.54. The molecule has 0 amide bonds. The summed E-state index contributed by atoms with van der Waals surface area (Å²) in [4.78, 5) is 19.0. The van der Waals surface area contributed by atoms with E-state index in [9.17, 15) is 4.79 Å². The van der Waals surface area contributed by atoms with Crippen LogP contribution in [0.3, 0.4) is 0 Å². The lowest BCUT2D eigenvalue weighted by molar-refractivity contribution is -0.124. The van der Waals surface area contributed by atoms with Crippen molar-refractivity contribution in [1.29, 1.82) is 0 Å². The van der Waals surface area contributed by atoms with E-state index in [-0.39, 0.29) is 17.7 Å². The van der Waals surface area contributed by atoms with Crippen molar-refractivity contribution in [1.82, 2.24) is 15.3 Å². The van der Waals surface area contributed by atoms with E-state index in [0.29, 0.717) is 12.0 Å². The number of hydrogen-bond acceptors (Lipinski definition) is 4. The number of H-pyrrole nitrogens is 1. The summed E-state index contributed by atoms with van der Waals surface area (Å²) in [6, 6.07) is 0.194. The number of ketones is 1. The highest BCUT2D eigenvalue weighted by Crippen LogP contribution is 2.09. The summed E-state index contributed by atoms with van der Waals surface area (Å²) in [6.07, 6.45) is 3.26. The van der Waals surface area contributed by atoms with Crippen LogP contribution in [0.5, 0.6) is 0 Å². The molecule has 1 rings (SSSR count). The SMILES string of the molecule is CC(C)NC(CCc1cnc(N)[nH]1)C(=O)C(C)C. The number of aromatic nitrogens is 2. The molecule has 4 N–H and O–H groups in total. The van der Waals surface area contributed by atoms with Crippen LogP contribution >= 0.6 is 0 Å². The number of aryl methyl sites for hydroxylation is 1. The second-order valence-corrected chi connectivity index (χ2v) is 5.26. The predicted octanol–water partition coefficient (Wildman–Crippen LogP) is 1.52. The molecular weight excluding hydrogens is 228 g/mol. The van der Waals surface area contributed by atoms with Crippen molar-refractivity contribution in [2.45, 2.75) is 52.6 Å². The number of nitrogens with two attached hydrogens (primary N) is 1. The van der Waals surface area contributed by atoms with Crippen LogP contribution in [0.4, 0.5) is 5.95 Å². The maximum Gasteiger partial charge on any atom is 0.197 e. The molecule has 0 aromatic carbocycles. The maximum atomic E-state index is 12.1. The van der Waals surface area contributed by atoms with Crippen LogP contribution in [0.1, 0.15) is 39.8 Å². The van der Waals surface area contributed by atoms with E-state index < -0.39 is 0 Å². The van der Waals surface area contributed by atoms with Crippen molar-refractivity contribution < 1.29 is 4.79 Å². The van der Waals surface area contributed by atoms with Gasteiger partial charge in [-0.05, 0) is 12.8 Å². The maximum absolute atomic E-state index is 12.1. The molecule has 0 aliphatic rings. The van der Waals surface area contributed by atoms with E-state index in [1.165, 1.54) is 0 Å². The minimum absolute atomic E-state index is 0.0492. The number of nitrogens with zero attached hydrogens (tertiary/aromatic N) is 1. The summed E-state index contributed by atoms with van der Waals surface area (Å²) in [5, 5.41) is 3.32. The monoisotopic (exact) mass is 252 g/mol. The average Bonchev–Trinajstić information content (AvgIpc) is 2.68. The number of nitrogen functional groups attached to an aromatic ring is 1. The summed E-state index contributed by atoms with van der Waals surface area (Å²) in [5.41, 5.74) is 6.50. The van der Waals surface area contributed by atoms with E-state index in [4.69, 9.17) is 5.73 Å². The first-order chi connectivity index (χ1) is 8.40. The highest BCUT2D eigenvalue weighted by molar-refractivity contribution is 5.85. The standard InChI is InChI=1S/C13H24N4O/c1-8(2)12(18)11(16-9(3)4)6-5-10-7-15-13(14)17-10/h7-9,11,16H,5-6H2,1-4H3,(H3,14,15,17). The van der Waals surface area contributed by atoms with Gasteiger partial charge in [-0.1, -0.05) is 27.7 Å². The van der Waals surface area contributed by atoms with Crippen molar-refractivity contribution >= 4 is 11.7 Å². The Morgan fingerprint density at radius 1 is 1.44 bits per heavy atom. The highest BCUT2D eigenvalue weighted by Gasteiger charge is 2.21. The van der Waals surface area contributed by atoms with Crippen molar-refractivity contribution in [2.75, 3.05) is 5.73 Å². The Hall–Kier alpha value is -1.36. The molecule has 1 aromatic heterocycles. The van der Waals surface area contributed by atoms with E-state index in [2.05, 4.69) is 29.1 Å². The lowest BCUT2D eigenvalue weighted by Gasteiger charge is -2.21. The van der Waals surface area contributed by atoms with Gasteiger partial charge in [-0.25, -0.2) is 4.98 Å². The molecule has 0 bridgehead atoms. The van der Waals surface area contributed by atoms with Crippen LogP contribution < -0.4 is 11.1 Å². The van der Waals surface area contributed by atoms with Crippen molar-refractivity contribution in [2.24, 2.45) is 5.92 Å². The normalized spacial score (nSPS) is 13.2. The summed E-state index contributed by atoms with van der Waals surface area (Å²) in [7, 11) is 0. The molecule has 1 atom stereocenters. The molecule has 5 heteroatoms.